The molecule has 1 amide bonds. The molecule has 3 aromatic rings. The van der Waals surface area contributed by atoms with Crippen molar-refractivity contribution in [3.8, 4) is 11.4 Å². The van der Waals surface area contributed by atoms with Gasteiger partial charge >= 0.3 is 6.09 Å². The van der Waals surface area contributed by atoms with E-state index in [2.05, 4.69) is 15.2 Å². The van der Waals surface area contributed by atoms with Crippen LogP contribution in [0.4, 0.5) is 4.79 Å². The van der Waals surface area contributed by atoms with E-state index < -0.39 is 11.7 Å². The summed E-state index contributed by atoms with van der Waals surface area (Å²) in [5.74, 6) is 0.528. The Bertz CT molecular complexity index is 1160. The first kappa shape index (κ1) is 21.4. The zero-order valence-electron chi connectivity index (χ0n) is 19.0. The first-order chi connectivity index (χ1) is 15.8. The molecule has 0 spiro atoms. The lowest BCUT2D eigenvalue weighted by atomic mass is 9.91. The van der Waals surface area contributed by atoms with E-state index in [-0.39, 0.29) is 18.0 Å². The molecular weight excluding hydrogens is 422 g/mol. The van der Waals surface area contributed by atoms with Gasteiger partial charge < -0.3 is 14.2 Å². The Hall–Kier alpha value is -3.49. The minimum atomic E-state index is -0.583. The summed E-state index contributed by atoms with van der Waals surface area (Å²) in [6, 6.07) is 7.66. The molecular formula is C24H27N5O4. The van der Waals surface area contributed by atoms with E-state index in [4.69, 9.17) is 9.26 Å². The highest BCUT2D eigenvalue weighted by Gasteiger charge is 2.39. The number of hydrogen-bond donors (Lipinski definition) is 0. The summed E-state index contributed by atoms with van der Waals surface area (Å²) in [5.41, 5.74) is 2.77. The average Bonchev–Trinajstić information content (AvgIpc) is 3.27. The molecule has 2 heterocycles. The molecule has 0 bridgehead atoms. The van der Waals surface area contributed by atoms with Crippen LogP contribution >= 0.6 is 0 Å². The standard InChI is InChI=1S/C24H27N5O4/c1-24(2,3)33-23(31)28-13-17-12-19(10-11-20(17)26-28)29(18-8-9-18)22(30)16-6-4-15(5-7-16)21-25-14-32-27-21/h4-7,13-14,18-19H,8-12H2,1-3H3. The zero-order valence-corrected chi connectivity index (χ0v) is 19.0. The average molecular weight is 450 g/mol. The zero-order chi connectivity index (χ0) is 23.2. The topological polar surface area (TPSA) is 103 Å². The van der Waals surface area contributed by atoms with Crippen LogP contribution in [-0.2, 0) is 17.6 Å². The first-order valence-electron chi connectivity index (χ1n) is 11.3. The van der Waals surface area contributed by atoms with Crippen molar-refractivity contribution < 1.29 is 18.8 Å². The SMILES string of the molecule is CC(C)(C)OC(=O)n1cc2c(n1)CCC(N(C(=O)c1ccc(-c3ncon3)cc1)C1CC1)C2. The van der Waals surface area contributed by atoms with Crippen molar-refractivity contribution in [2.45, 2.75) is 70.6 Å². The van der Waals surface area contributed by atoms with Gasteiger partial charge in [-0.1, -0.05) is 17.3 Å². The quantitative estimate of drug-likeness (QED) is 0.595. The van der Waals surface area contributed by atoms with E-state index in [1.54, 1.807) is 6.20 Å². The van der Waals surface area contributed by atoms with Crippen LogP contribution in [0.1, 0.15) is 61.6 Å². The largest absolute Gasteiger partial charge is 0.442 e. The molecule has 0 saturated heterocycles. The second-order valence-electron chi connectivity index (χ2n) is 9.70. The number of rotatable bonds is 4. The molecule has 0 aliphatic heterocycles. The lowest BCUT2D eigenvalue weighted by molar-refractivity contribution is 0.0513. The molecule has 1 unspecified atom stereocenters. The fourth-order valence-corrected chi connectivity index (χ4v) is 4.32. The third kappa shape index (κ3) is 4.53. The van der Waals surface area contributed by atoms with Crippen molar-refractivity contribution >= 4 is 12.0 Å². The number of hydrogen-bond acceptors (Lipinski definition) is 7. The number of nitrogens with zero attached hydrogens (tertiary/aromatic N) is 5. The van der Waals surface area contributed by atoms with Crippen molar-refractivity contribution in [1.82, 2.24) is 24.8 Å². The smallest absolute Gasteiger partial charge is 0.435 e. The highest BCUT2D eigenvalue weighted by Crippen LogP contribution is 2.35. The van der Waals surface area contributed by atoms with Crippen LogP contribution in [0.2, 0.25) is 0 Å². The second-order valence-corrected chi connectivity index (χ2v) is 9.70. The van der Waals surface area contributed by atoms with Gasteiger partial charge in [-0.15, -0.1) is 0 Å². The van der Waals surface area contributed by atoms with Crippen LogP contribution in [-0.4, -0.2) is 54.5 Å². The Kier molecular flexibility index (Phi) is 5.26. The lowest BCUT2D eigenvalue weighted by Gasteiger charge is -2.34. The molecule has 2 aromatic heterocycles. The number of amides is 1. The maximum atomic E-state index is 13.5. The number of benzene rings is 1. The Balaban J connectivity index is 1.33. The number of aryl methyl sites for hydroxylation is 1. The van der Waals surface area contributed by atoms with Crippen LogP contribution in [0, 0.1) is 0 Å². The Morgan fingerprint density at radius 1 is 1.12 bits per heavy atom. The number of fused-ring (bicyclic) bond motifs is 1. The normalized spacial score (nSPS) is 18.0. The maximum Gasteiger partial charge on any atom is 0.435 e. The summed E-state index contributed by atoms with van der Waals surface area (Å²) in [7, 11) is 0. The number of carbonyl (C=O) groups is 2. The number of ether oxygens (including phenoxy) is 1. The molecule has 0 N–H and O–H groups in total. The third-order valence-corrected chi connectivity index (χ3v) is 5.95. The van der Waals surface area contributed by atoms with E-state index in [0.29, 0.717) is 17.8 Å². The minimum absolute atomic E-state index is 0.0325. The number of carbonyl (C=O) groups excluding carboxylic acids is 2. The van der Waals surface area contributed by atoms with Crippen molar-refractivity contribution in [2.75, 3.05) is 0 Å². The van der Waals surface area contributed by atoms with Crippen LogP contribution in [0.25, 0.3) is 11.4 Å². The molecule has 172 valence electrons. The van der Waals surface area contributed by atoms with Crippen molar-refractivity contribution in [1.29, 1.82) is 0 Å². The van der Waals surface area contributed by atoms with Gasteiger partial charge in [-0.05, 0) is 70.6 Å². The lowest BCUT2D eigenvalue weighted by Crippen LogP contribution is -2.44. The molecule has 2 aliphatic rings. The van der Waals surface area contributed by atoms with Gasteiger partial charge in [0, 0.05) is 29.4 Å². The summed E-state index contributed by atoms with van der Waals surface area (Å²) in [6.07, 6.45) is 6.83. The predicted octanol–water partition coefficient (Wildman–Crippen LogP) is 3.88. The number of aromatic nitrogens is 4. The Labute approximate surface area is 191 Å². The van der Waals surface area contributed by atoms with Gasteiger partial charge in [-0.25, -0.2) is 4.79 Å². The molecule has 2 aliphatic carbocycles. The Morgan fingerprint density at radius 2 is 1.88 bits per heavy atom. The van der Waals surface area contributed by atoms with Gasteiger partial charge in [-0.2, -0.15) is 14.8 Å². The highest BCUT2D eigenvalue weighted by molar-refractivity contribution is 5.95. The molecule has 33 heavy (non-hydrogen) atoms. The van der Waals surface area contributed by atoms with E-state index >= 15 is 0 Å². The van der Waals surface area contributed by atoms with Gasteiger partial charge in [0.1, 0.15) is 5.60 Å². The van der Waals surface area contributed by atoms with Gasteiger partial charge in [0.15, 0.2) is 0 Å². The van der Waals surface area contributed by atoms with Gasteiger partial charge in [0.05, 0.1) is 5.69 Å². The first-order valence-corrected chi connectivity index (χ1v) is 11.3. The van der Waals surface area contributed by atoms with Crippen LogP contribution < -0.4 is 0 Å². The maximum absolute atomic E-state index is 13.5. The van der Waals surface area contributed by atoms with E-state index in [9.17, 15) is 9.59 Å². The van der Waals surface area contributed by atoms with Crippen LogP contribution in [0.5, 0.6) is 0 Å². The van der Waals surface area contributed by atoms with Gasteiger partial charge in [-0.3, -0.25) is 4.79 Å². The summed E-state index contributed by atoms with van der Waals surface area (Å²) in [4.78, 5) is 32.0. The van der Waals surface area contributed by atoms with Crippen molar-refractivity contribution in [2.24, 2.45) is 0 Å². The highest BCUT2D eigenvalue weighted by atomic mass is 16.6. The van der Waals surface area contributed by atoms with E-state index in [0.717, 1.165) is 42.5 Å². The second kappa shape index (κ2) is 8.13. The van der Waals surface area contributed by atoms with Crippen molar-refractivity contribution in [3.63, 3.8) is 0 Å². The van der Waals surface area contributed by atoms with Crippen molar-refractivity contribution in [3.05, 3.63) is 53.7 Å². The molecule has 1 aromatic carbocycles. The predicted molar refractivity (Wildman–Crippen MR) is 119 cm³/mol. The third-order valence-electron chi connectivity index (χ3n) is 5.95. The van der Waals surface area contributed by atoms with Gasteiger partial charge in [0.2, 0.25) is 12.2 Å². The van der Waals surface area contributed by atoms with E-state index in [1.165, 1.54) is 11.1 Å². The monoisotopic (exact) mass is 449 g/mol. The molecule has 5 rings (SSSR count). The summed E-state index contributed by atoms with van der Waals surface area (Å²) in [6.45, 7) is 5.49. The van der Waals surface area contributed by atoms with Crippen LogP contribution in [0.3, 0.4) is 0 Å². The summed E-state index contributed by atoms with van der Waals surface area (Å²) < 4.78 is 11.5. The fraction of sp³-hybridized carbons (Fsp3) is 0.458. The summed E-state index contributed by atoms with van der Waals surface area (Å²) in [5, 5.41) is 8.29. The molecule has 9 nitrogen and oxygen atoms in total. The molecule has 9 heteroatoms. The van der Waals surface area contributed by atoms with Gasteiger partial charge in [0.25, 0.3) is 5.91 Å². The molecule has 1 fully saturated rings. The van der Waals surface area contributed by atoms with E-state index in [1.807, 2.05) is 49.9 Å². The Morgan fingerprint density at radius 3 is 2.52 bits per heavy atom. The molecule has 1 saturated carbocycles. The minimum Gasteiger partial charge on any atom is -0.442 e. The summed E-state index contributed by atoms with van der Waals surface area (Å²) >= 11 is 0. The fourth-order valence-electron chi connectivity index (χ4n) is 4.32. The molecule has 0 radical (unpaired) electrons. The van der Waals surface area contributed by atoms with Crippen LogP contribution in [0.15, 0.2) is 41.4 Å². The molecule has 1 atom stereocenters.